The quantitative estimate of drug-likeness (QED) is 0.707. The van der Waals surface area contributed by atoms with Crippen molar-refractivity contribution in [3.63, 3.8) is 0 Å². The predicted octanol–water partition coefficient (Wildman–Crippen LogP) is 3.75. The summed E-state index contributed by atoms with van der Waals surface area (Å²) >= 11 is 12.1. The van der Waals surface area contributed by atoms with Gasteiger partial charge in [0.1, 0.15) is 6.54 Å². The Labute approximate surface area is 150 Å². The number of hydrogen-bond donors (Lipinski definition) is 0. The van der Waals surface area contributed by atoms with E-state index in [-0.39, 0.29) is 27.2 Å². The molecule has 24 heavy (non-hydrogen) atoms. The number of carbonyl (C=O) groups excluding carboxylic acids is 1. The van der Waals surface area contributed by atoms with Gasteiger partial charge in [0.15, 0.2) is 0 Å². The molecule has 0 saturated heterocycles. The number of nitrogens with zero attached hydrogens (tertiary/aromatic N) is 1. The zero-order valence-corrected chi connectivity index (χ0v) is 15.1. The topological polar surface area (TPSA) is 63.7 Å². The third-order valence-electron chi connectivity index (χ3n) is 3.11. The first-order chi connectivity index (χ1) is 11.4. The molecular formula is C16H15Cl2NO4S. The van der Waals surface area contributed by atoms with E-state index in [2.05, 4.69) is 0 Å². The van der Waals surface area contributed by atoms with E-state index < -0.39 is 22.5 Å². The molecule has 2 aromatic carbocycles. The molecular weight excluding hydrogens is 373 g/mol. The Morgan fingerprint density at radius 2 is 1.75 bits per heavy atom. The van der Waals surface area contributed by atoms with Crippen LogP contribution in [0.5, 0.6) is 0 Å². The van der Waals surface area contributed by atoms with Gasteiger partial charge < -0.3 is 4.74 Å². The second-order valence-electron chi connectivity index (χ2n) is 4.70. The van der Waals surface area contributed by atoms with Crippen LogP contribution in [0, 0.1) is 0 Å². The van der Waals surface area contributed by atoms with Gasteiger partial charge in [0.2, 0.25) is 0 Å². The summed E-state index contributed by atoms with van der Waals surface area (Å²) in [5.74, 6) is -0.687. The number of rotatable bonds is 6. The molecule has 0 amide bonds. The van der Waals surface area contributed by atoms with Gasteiger partial charge in [0.25, 0.3) is 10.0 Å². The maximum atomic E-state index is 13.0. The number of sulfonamides is 1. The monoisotopic (exact) mass is 387 g/mol. The van der Waals surface area contributed by atoms with E-state index in [4.69, 9.17) is 27.9 Å². The maximum absolute atomic E-state index is 13.0. The fraction of sp³-hybridized carbons (Fsp3) is 0.188. The van der Waals surface area contributed by atoms with Crippen LogP contribution in [0.1, 0.15) is 6.92 Å². The van der Waals surface area contributed by atoms with Crippen molar-refractivity contribution in [2.24, 2.45) is 0 Å². The van der Waals surface area contributed by atoms with Gasteiger partial charge in [0, 0.05) is 0 Å². The van der Waals surface area contributed by atoms with Crippen LogP contribution in [-0.4, -0.2) is 27.5 Å². The zero-order valence-electron chi connectivity index (χ0n) is 12.8. The van der Waals surface area contributed by atoms with Crippen LogP contribution in [0.25, 0.3) is 0 Å². The lowest BCUT2D eigenvalue weighted by molar-refractivity contribution is -0.141. The highest BCUT2D eigenvalue weighted by Gasteiger charge is 2.29. The molecule has 0 heterocycles. The summed E-state index contributed by atoms with van der Waals surface area (Å²) in [5, 5.41) is 0.231. The molecule has 0 unspecified atom stereocenters. The molecule has 0 aliphatic heterocycles. The standard InChI is InChI=1S/C16H15Cl2NO4S/c1-2-23-15(20)11-19(14-10-6-9-13(17)16(14)18)24(21,22)12-7-4-3-5-8-12/h3-10H,2,11H2,1H3. The van der Waals surface area contributed by atoms with Crippen LogP contribution >= 0.6 is 23.2 Å². The molecule has 2 rings (SSSR count). The third kappa shape index (κ3) is 4.01. The number of ether oxygens (including phenoxy) is 1. The molecule has 0 bridgehead atoms. The highest BCUT2D eigenvalue weighted by atomic mass is 35.5. The fourth-order valence-corrected chi connectivity index (χ4v) is 3.92. The Morgan fingerprint density at radius 1 is 1.08 bits per heavy atom. The van der Waals surface area contributed by atoms with Crippen LogP contribution in [0.15, 0.2) is 53.4 Å². The van der Waals surface area contributed by atoms with Crippen molar-refractivity contribution >= 4 is 44.9 Å². The van der Waals surface area contributed by atoms with Crippen molar-refractivity contribution in [3.05, 3.63) is 58.6 Å². The summed E-state index contributed by atoms with van der Waals surface area (Å²) in [6, 6.07) is 12.3. The molecule has 128 valence electrons. The van der Waals surface area contributed by atoms with Crippen molar-refractivity contribution in [1.82, 2.24) is 0 Å². The first kappa shape index (κ1) is 18.6. The van der Waals surface area contributed by atoms with E-state index >= 15 is 0 Å². The van der Waals surface area contributed by atoms with Crippen molar-refractivity contribution in [2.45, 2.75) is 11.8 Å². The summed E-state index contributed by atoms with van der Waals surface area (Å²) in [5.41, 5.74) is 0.112. The molecule has 0 spiro atoms. The largest absolute Gasteiger partial charge is 0.465 e. The van der Waals surface area contributed by atoms with Gasteiger partial charge in [-0.2, -0.15) is 0 Å². The molecule has 8 heteroatoms. The second-order valence-corrected chi connectivity index (χ2v) is 7.35. The molecule has 2 aromatic rings. The van der Waals surface area contributed by atoms with E-state index in [0.717, 1.165) is 4.31 Å². The number of benzene rings is 2. The number of hydrogen-bond acceptors (Lipinski definition) is 4. The van der Waals surface area contributed by atoms with Gasteiger partial charge >= 0.3 is 5.97 Å². The first-order valence-electron chi connectivity index (χ1n) is 7.05. The molecule has 0 aromatic heterocycles. The number of carbonyl (C=O) groups is 1. The van der Waals surface area contributed by atoms with E-state index in [1.54, 1.807) is 31.2 Å². The maximum Gasteiger partial charge on any atom is 0.326 e. The Bertz CT molecular complexity index is 825. The van der Waals surface area contributed by atoms with Crippen molar-refractivity contribution in [3.8, 4) is 0 Å². The van der Waals surface area contributed by atoms with Crippen LogP contribution in [-0.2, 0) is 19.6 Å². The number of anilines is 1. The molecule has 0 N–H and O–H groups in total. The van der Waals surface area contributed by atoms with Crippen LogP contribution in [0.3, 0.4) is 0 Å². The SMILES string of the molecule is CCOC(=O)CN(c1cccc(Cl)c1Cl)S(=O)(=O)c1ccccc1. The summed E-state index contributed by atoms with van der Waals surface area (Å²) in [7, 11) is -4.02. The lowest BCUT2D eigenvalue weighted by Crippen LogP contribution is -2.36. The minimum Gasteiger partial charge on any atom is -0.465 e. The summed E-state index contributed by atoms with van der Waals surface area (Å²) in [6.45, 7) is 1.27. The van der Waals surface area contributed by atoms with E-state index in [1.165, 1.54) is 24.3 Å². The molecule has 0 aliphatic rings. The Hall–Kier alpha value is -1.76. The Balaban J connectivity index is 2.55. The molecule has 0 saturated carbocycles. The molecule has 0 atom stereocenters. The van der Waals surface area contributed by atoms with Crippen molar-refractivity contribution < 1.29 is 17.9 Å². The van der Waals surface area contributed by atoms with E-state index in [9.17, 15) is 13.2 Å². The van der Waals surface area contributed by atoms with Gasteiger partial charge in [0.05, 0.1) is 27.2 Å². The van der Waals surface area contributed by atoms with E-state index in [0.29, 0.717) is 0 Å². The van der Waals surface area contributed by atoms with Gasteiger partial charge in [-0.05, 0) is 31.2 Å². The smallest absolute Gasteiger partial charge is 0.326 e. The summed E-state index contributed by atoms with van der Waals surface area (Å²) < 4.78 is 31.7. The van der Waals surface area contributed by atoms with E-state index in [1.807, 2.05) is 0 Å². The van der Waals surface area contributed by atoms with Gasteiger partial charge in [-0.15, -0.1) is 0 Å². The van der Waals surface area contributed by atoms with Crippen molar-refractivity contribution in [1.29, 1.82) is 0 Å². The predicted molar refractivity (Wildman–Crippen MR) is 94.1 cm³/mol. The zero-order chi connectivity index (χ0) is 17.7. The van der Waals surface area contributed by atoms with Gasteiger partial charge in [-0.25, -0.2) is 8.42 Å². The molecule has 0 aliphatic carbocycles. The molecule has 0 fully saturated rings. The average molecular weight is 388 g/mol. The number of esters is 1. The molecule has 5 nitrogen and oxygen atoms in total. The summed E-state index contributed by atoms with van der Waals surface area (Å²) in [4.78, 5) is 11.9. The summed E-state index contributed by atoms with van der Waals surface area (Å²) in [6.07, 6.45) is 0. The first-order valence-corrected chi connectivity index (χ1v) is 9.25. The van der Waals surface area contributed by atoms with Gasteiger partial charge in [-0.3, -0.25) is 9.10 Å². The van der Waals surface area contributed by atoms with Crippen LogP contribution in [0.4, 0.5) is 5.69 Å². The Morgan fingerprint density at radius 3 is 2.38 bits per heavy atom. The fourth-order valence-electron chi connectivity index (χ4n) is 2.03. The highest BCUT2D eigenvalue weighted by Crippen LogP contribution is 2.35. The van der Waals surface area contributed by atoms with Crippen LogP contribution in [0.2, 0.25) is 10.0 Å². The molecule has 0 radical (unpaired) electrons. The highest BCUT2D eigenvalue weighted by molar-refractivity contribution is 7.92. The number of halogens is 2. The van der Waals surface area contributed by atoms with Gasteiger partial charge in [-0.1, -0.05) is 47.5 Å². The minimum atomic E-state index is -4.02. The normalized spacial score (nSPS) is 11.1. The minimum absolute atomic E-state index is 0.0327. The third-order valence-corrected chi connectivity index (χ3v) is 5.69. The lowest BCUT2D eigenvalue weighted by atomic mass is 10.3. The Kier molecular flexibility index (Phi) is 6.10. The lowest BCUT2D eigenvalue weighted by Gasteiger charge is -2.24. The second kappa shape index (κ2) is 7.88. The average Bonchev–Trinajstić information content (AvgIpc) is 2.56. The van der Waals surface area contributed by atoms with Crippen LogP contribution < -0.4 is 4.31 Å². The van der Waals surface area contributed by atoms with Crippen molar-refractivity contribution in [2.75, 3.05) is 17.5 Å².